The van der Waals surface area contributed by atoms with Gasteiger partial charge >= 0.3 is 0 Å². The van der Waals surface area contributed by atoms with Crippen molar-refractivity contribution in [3.8, 4) is 17.6 Å². The molecule has 0 saturated carbocycles. The molecule has 0 fully saturated rings. The van der Waals surface area contributed by atoms with Crippen molar-refractivity contribution in [2.75, 3.05) is 14.2 Å². The zero-order chi connectivity index (χ0) is 18.2. The minimum atomic E-state index is -1.44. The summed E-state index contributed by atoms with van der Waals surface area (Å²) in [5, 5.41) is 11.9. The lowest BCUT2D eigenvalue weighted by molar-refractivity contribution is -0.122. The Kier molecular flexibility index (Phi) is 6.13. The molecule has 0 aliphatic carbocycles. The summed E-state index contributed by atoms with van der Waals surface area (Å²) in [6, 6.07) is 15.6. The fraction of sp³-hybridized carbons (Fsp3) is 0.211. The first kappa shape index (κ1) is 18.0. The Morgan fingerprint density at radius 3 is 2.20 bits per heavy atom. The zero-order valence-corrected chi connectivity index (χ0v) is 14.0. The Labute approximate surface area is 146 Å². The van der Waals surface area contributed by atoms with Gasteiger partial charge in [-0.25, -0.2) is 0 Å². The predicted octanol–water partition coefficient (Wildman–Crippen LogP) is 2.34. The molecule has 0 bridgehead atoms. The molecule has 0 spiro atoms. The highest BCUT2D eigenvalue weighted by molar-refractivity contribution is 6.12. The molecule has 0 saturated heterocycles. The number of methoxy groups -OCH3 is 2. The van der Waals surface area contributed by atoms with Crippen LogP contribution in [-0.4, -0.2) is 25.9 Å². The van der Waals surface area contributed by atoms with Gasteiger partial charge < -0.3 is 14.8 Å². The summed E-state index contributed by atoms with van der Waals surface area (Å²) >= 11 is 0. The van der Waals surface area contributed by atoms with Crippen molar-refractivity contribution < 1.29 is 19.1 Å². The second kappa shape index (κ2) is 8.50. The number of rotatable bonds is 7. The molecule has 128 valence electrons. The van der Waals surface area contributed by atoms with E-state index in [-0.39, 0.29) is 12.1 Å². The summed E-state index contributed by atoms with van der Waals surface area (Å²) in [5.41, 5.74) is 1.06. The van der Waals surface area contributed by atoms with Crippen LogP contribution in [0.25, 0.3) is 0 Å². The molecule has 6 nitrogen and oxygen atoms in total. The van der Waals surface area contributed by atoms with Gasteiger partial charge in [-0.3, -0.25) is 9.59 Å². The molecule has 0 heterocycles. The van der Waals surface area contributed by atoms with E-state index in [0.29, 0.717) is 11.5 Å². The lowest BCUT2D eigenvalue weighted by Gasteiger charge is -2.12. The first-order chi connectivity index (χ1) is 12.1. The summed E-state index contributed by atoms with van der Waals surface area (Å²) < 4.78 is 10.2. The molecular weight excluding hydrogens is 320 g/mol. The van der Waals surface area contributed by atoms with E-state index >= 15 is 0 Å². The SMILES string of the molecule is COc1cc(OC)cc(C(=O)C(C#N)C(=O)NCc2ccccc2)c1. The van der Waals surface area contributed by atoms with Crippen LogP contribution >= 0.6 is 0 Å². The Morgan fingerprint density at radius 2 is 1.68 bits per heavy atom. The number of ketones is 1. The molecule has 0 aromatic heterocycles. The van der Waals surface area contributed by atoms with E-state index in [1.165, 1.54) is 26.4 Å². The molecule has 1 atom stereocenters. The highest BCUT2D eigenvalue weighted by Crippen LogP contribution is 2.24. The quantitative estimate of drug-likeness (QED) is 0.618. The highest BCUT2D eigenvalue weighted by atomic mass is 16.5. The molecule has 0 aliphatic rings. The number of hydrogen-bond acceptors (Lipinski definition) is 5. The summed E-state index contributed by atoms with van der Waals surface area (Å²) in [6.45, 7) is 0.243. The van der Waals surface area contributed by atoms with Crippen molar-refractivity contribution in [1.29, 1.82) is 5.26 Å². The van der Waals surface area contributed by atoms with Gasteiger partial charge in [-0.1, -0.05) is 30.3 Å². The van der Waals surface area contributed by atoms with Crippen LogP contribution in [0.2, 0.25) is 0 Å². The second-order valence-electron chi connectivity index (χ2n) is 5.23. The van der Waals surface area contributed by atoms with E-state index in [1.54, 1.807) is 12.1 Å². The Bertz CT molecular complexity index is 775. The van der Waals surface area contributed by atoms with Crippen LogP contribution in [0, 0.1) is 17.2 Å². The van der Waals surface area contributed by atoms with Crippen LogP contribution in [-0.2, 0) is 11.3 Å². The van der Waals surface area contributed by atoms with Gasteiger partial charge in [0.1, 0.15) is 11.5 Å². The molecule has 2 aromatic carbocycles. The number of Topliss-reactive ketones (excluding diaryl/α,β-unsaturated/α-hetero) is 1. The average Bonchev–Trinajstić information content (AvgIpc) is 2.67. The smallest absolute Gasteiger partial charge is 0.245 e. The maximum atomic E-state index is 12.6. The van der Waals surface area contributed by atoms with Crippen LogP contribution in [0.15, 0.2) is 48.5 Å². The number of nitrogens with zero attached hydrogens (tertiary/aromatic N) is 1. The predicted molar refractivity (Wildman–Crippen MR) is 91.3 cm³/mol. The lowest BCUT2D eigenvalue weighted by atomic mass is 9.97. The van der Waals surface area contributed by atoms with E-state index < -0.39 is 17.6 Å². The fourth-order valence-corrected chi connectivity index (χ4v) is 2.24. The number of nitriles is 1. The molecule has 1 amide bonds. The van der Waals surface area contributed by atoms with Gasteiger partial charge in [-0.05, 0) is 17.7 Å². The van der Waals surface area contributed by atoms with Gasteiger partial charge in [-0.2, -0.15) is 5.26 Å². The number of carbonyl (C=O) groups is 2. The lowest BCUT2D eigenvalue weighted by Crippen LogP contribution is -2.34. The molecular formula is C19H18N2O4. The van der Waals surface area contributed by atoms with Crippen LogP contribution < -0.4 is 14.8 Å². The first-order valence-electron chi connectivity index (χ1n) is 7.57. The van der Waals surface area contributed by atoms with Crippen LogP contribution in [0.4, 0.5) is 0 Å². The van der Waals surface area contributed by atoms with Gasteiger partial charge in [0.2, 0.25) is 5.91 Å². The summed E-state index contributed by atoms with van der Waals surface area (Å²) in [4.78, 5) is 24.8. The average molecular weight is 338 g/mol. The third-order valence-corrected chi connectivity index (χ3v) is 3.60. The maximum absolute atomic E-state index is 12.6. The number of nitrogens with one attached hydrogen (secondary N) is 1. The third-order valence-electron chi connectivity index (χ3n) is 3.60. The minimum Gasteiger partial charge on any atom is -0.497 e. The Hall–Kier alpha value is -3.33. The van der Waals surface area contributed by atoms with E-state index in [4.69, 9.17) is 9.47 Å². The monoisotopic (exact) mass is 338 g/mol. The second-order valence-corrected chi connectivity index (χ2v) is 5.23. The summed E-state index contributed by atoms with van der Waals surface area (Å²) in [5.74, 6) is -1.88. The number of hydrogen-bond donors (Lipinski definition) is 1. The van der Waals surface area contributed by atoms with Crippen molar-refractivity contribution in [3.05, 3.63) is 59.7 Å². The molecule has 1 unspecified atom stereocenters. The van der Waals surface area contributed by atoms with E-state index in [2.05, 4.69) is 5.32 Å². The van der Waals surface area contributed by atoms with Crippen LogP contribution in [0.3, 0.4) is 0 Å². The standard InChI is InChI=1S/C19H18N2O4/c1-24-15-8-14(9-16(10-15)25-2)18(22)17(11-20)19(23)21-12-13-6-4-3-5-7-13/h3-10,17H,12H2,1-2H3,(H,21,23). The van der Waals surface area contributed by atoms with Gasteiger partial charge in [0, 0.05) is 18.2 Å². The number of carbonyl (C=O) groups excluding carboxylic acids is 2. The first-order valence-corrected chi connectivity index (χ1v) is 7.57. The molecule has 0 radical (unpaired) electrons. The fourth-order valence-electron chi connectivity index (χ4n) is 2.24. The third kappa shape index (κ3) is 4.58. The maximum Gasteiger partial charge on any atom is 0.245 e. The van der Waals surface area contributed by atoms with E-state index in [0.717, 1.165) is 5.56 Å². The molecule has 0 aliphatic heterocycles. The van der Waals surface area contributed by atoms with Crippen molar-refractivity contribution in [2.24, 2.45) is 5.92 Å². The number of ether oxygens (including phenoxy) is 2. The molecule has 25 heavy (non-hydrogen) atoms. The van der Waals surface area contributed by atoms with Gasteiger partial charge in [0.25, 0.3) is 0 Å². The van der Waals surface area contributed by atoms with E-state index in [9.17, 15) is 14.9 Å². The Balaban J connectivity index is 2.15. The van der Waals surface area contributed by atoms with E-state index in [1.807, 2.05) is 30.3 Å². The van der Waals surface area contributed by atoms with Crippen molar-refractivity contribution in [2.45, 2.75) is 6.54 Å². The normalized spacial score (nSPS) is 11.1. The molecule has 2 aromatic rings. The van der Waals surface area contributed by atoms with Crippen molar-refractivity contribution >= 4 is 11.7 Å². The topological polar surface area (TPSA) is 88.4 Å². The van der Waals surface area contributed by atoms with Crippen molar-refractivity contribution in [1.82, 2.24) is 5.32 Å². The Morgan fingerprint density at radius 1 is 1.08 bits per heavy atom. The largest absolute Gasteiger partial charge is 0.497 e. The van der Waals surface area contributed by atoms with Crippen LogP contribution in [0.5, 0.6) is 11.5 Å². The molecule has 6 heteroatoms. The van der Waals surface area contributed by atoms with Gasteiger partial charge in [0.15, 0.2) is 11.7 Å². The molecule has 2 rings (SSSR count). The number of amides is 1. The summed E-state index contributed by atoms with van der Waals surface area (Å²) in [6.07, 6.45) is 0. The number of benzene rings is 2. The van der Waals surface area contributed by atoms with Crippen LogP contribution in [0.1, 0.15) is 15.9 Å². The minimum absolute atomic E-state index is 0.178. The molecule has 1 N–H and O–H groups in total. The van der Waals surface area contributed by atoms with Gasteiger partial charge in [-0.15, -0.1) is 0 Å². The van der Waals surface area contributed by atoms with Gasteiger partial charge in [0.05, 0.1) is 20.3 Å². The zero-order valence-electron chi connectivity index (χ0n) is 14.0. The van der Waals surface area contributed by atoms with Crippen molar-refractivity contribution in [3.63, 3.8) is 0 Å². The highest BCUT2D eigenvalue weighted by Gasteiger charge is 2.28. The summed E-state index contributed by atoms with van der Waals surface area (Å²) in [7, 11) is 2.91.